The minimum atomic E-state index is -3.37. The molecule has 1 heterocycles. The van der Waals surface area contributed by atoms with Crippen LogP contribution in [0.1, 0.15) is 24.6 Å². The van der Waals surface area contributed by atoms with Gasteiger partial charge in [-0.3, -0.25) is 0 Å². The molecule has 6 heteroatoms. The first-order valence-corrected chi connectivity index (χ1v) is 8.52. The van der Waals surface area contributed by atoms with Gasteiger partial charge in [-0.05, 0) is 36.8 Å². The molecule has 0 spiro atoms. The van der Waals surface area contributed by atoms with E-state index in [-0.39, 0.29) is 6.61 Å². The van der Waals surface area contributed by atoms with Crippen LogP contribution in [0, 0.1) is 11.8 Å². The Morgan fingerprint density at radius 2 is 2.22 bits per heavy atom. The van der Waals surface area contributed by atoms with Gasteiger partial charge in [0.2, 0.25) is 10.0 Å². The Balaban J connectivity index is 1.95. The fourth-order valence-electron chi connectivity index (χ4n) is 1.89. The number of hydrogen-bond donors (Lipinski definition) is 2. The van der Waals surface area contributed by atoms with Gasteiger partial charge in [0.15, 0.2) is 0 Å². The van der Waals surface area contributed by atoms with E-state index in [1.807, 2.05) is 0 Å². The van der Waals surface area contributed by atoms with Crippen LogP contribution in [0.4, 0.5) is 0 Å². The number of aliphatic hydroxyl groups excluding tert-OH is 1. The molecule has 1 fully saturated rings. The van der Waals surface area contributed by atoms with Gasteiger partial charge in [0.05, 0.1) is 0 Å². The maximum Gasteiger partial charge on any atom is 0.250 e. The van der Waals surface area contributed by atoms with Crippen molar-refractivity contribution in [1.82, 2.24) is 4.72 Å². The summed E-state index contributed by atoms with van der Waals surface area (Å²) in [5.74, 6) is 1.11. The van der Waals surface area contributed by atoms with Crippen LogP contribution in [0.3, 0.4) is 0 Å². The molecule has 1 atom stereocenters. The second-order valence-electron chi connectivity index (χ2n) is 4.86. The van der Waals surface area contributed by atoms with Gasteiger partial charge < -0.3 is 5.11 Å². The minimum absolute atomic E-state index is 0.0478. The number of sulfonamides is 1. The van der Waals surface area contributed by atoms with Crippen LogP contribution in [0.15, 0.2) is 16.3 Å². The van der Waals surface area contributed by atoms with Crippen LogP contribution in [0.5, 0.6) is 0 Å². The summed E-state index contributed by atoms with van der Waals surface area (Å²) in [5.41, 5.74) is 0. The maximum atomic E-state index is 12.0. The molecule has 4 nitrogen and oxygen atoms in total. The Kier molecular flexibility index (Phi) is 4.42. The molecule has 1 saturated carbocycles. The first-order valence-electron chi connectivity index (χ1n) is 6.22. The van der Waals surface area contributed by atoms with Crippen molar-refractivity contribution in [3.63, 3.8) is 0 Å². The highest BCUT2D eigenvalue weighted by Crippen LogP contribution is 2.36. The standard InChI is InChI=1S/C12H19NO3S2/c1-9(10-2-3-10)8-13-18(15,16)12-5-4-11(17-12)6-7-14/h4-5,9-10,13-14H,2-3,6-8H2,1H3. The molecule has 2 rings (SSSR count). The Morgan fingerprint density at radius 3 is 2.83 bits per heavy atom. The molecule has 1 unspecified atom stereocenters. The molecular formula is C12H19NO3S2. The van der Waals surface area contributed by atoms with Crippen molar-refractivity contribution in [2.24, 2.45) is 11.8 Å². The molecule has 18 heavy (non-hydrogen) atoms. The fraction of sp³-hybridized carbons (Fsp3) is 0.667. The zero-order chi connectivity index (χ0) is 13.2. The van der Waals surface area contributed by atoms with Gasteiger partial charge in [0.25, 0.3) is 0 Å². The molecular weight excluding hydrogens is 270 g/mol. The number of thiophene rings is 1. The highest BCUT2D eigenvalue weighted by Gasteiger charge is 2.29. The van der Waals surface area contributed by atoms with Crippen LogP contribution in [0.25, 0.3) is 0 Å². The van der Waals surface area contributed by atoms with Gasteiger partial charge in [0.1, 0.15) is 4.21 Å². The van der Waals surface area contributed by atoms with Gasteiger partial charge in [-0.2, -0.15) is 0 Å². The van der Waals surface area contributed by atoms with E-state index in [0.29, 0.717) is 29.0 Å². The lowest BCUT2D eigenvalue weighted by atomic mass is 10.1. The van der Waals surface area contributed by atoms with Crippen LogP contribution >= 0.6 is 11.3 Å². The summed E-state index contributed by atoms with van der Waals surface area (Å²) < 4.78 is 27.1. The van der Waals surface area contributed by atoms with Crippen LogP contribution < -0.4 is 4.72 Å². The van der Waals surface area contributed by atoms with E-state index >= 15 is 0 Å². The van der Waals surface area contributed by atoms with Crippen molar-refractivity contribution in [3.05, 3.63) is 17.0 Å². The van der Waals surface area contributed by atoms with Gasteiger partial charge in [-0.15, -0.1) is 11.3 Å². The predicted molar refractivity (Wildman–Crippen MR) is 72.2 cm³/mol. The number of aliphatic hydroxyl groups is 1. The third kappa shape index (κ3) is 3.54. The van der Waals surface area contributed by atoms with E-state index in [0.717, 1.165) is 4.88 Å². The lowest BCUT2D eigenvalue weighted by molar-refractivity contribution is 0.300. The highest BCUT2D eigenvalue weighted by atomic mass is 32.2. The Labute approximate surface area is 112 Å². The molecule has 1 aromatic rings. The predicted octanol–water partition coefficient (Wildman–Crippen LogP) is 1.61. The third-order valence-corrected chi connectivity index (χ3v) is 6.34. The van der Waals surface area contributed by atoms with E-state index in [2.05, 4.69) is 11.6 Å². The largest absolute Gasteiger partial charge is 0.396 e. The van der Waals surface area contributed by atoms with Gasteiger partial charge in [-0.25, -0.2) is 13.1 Å². The van der Waals surface area contributed by atoms with Crippen molar-refractivity contribution in [3.8, 4) is 0 Å². The molecule has 2 N–H and O–H groups in total. The second-order valence-corrected chi connectivity index (χ2v) is 8.02. The topological polar surface area (TPSA) is 66.4 Å². The zero-order valence-corrected chi connectivity index (χ0v) is 12.1. The Morgan fingerprint density at radius 1 is 1.50 bits per heavy atom. The second kappa shape index (κ2) is 5.69. The molecule has 0 aliphatic heterocycles. The first kappa shape index (κ1) is 14.0. The van der Waals surface area contributed by atoms with Gasteiger partial charge in [-0.1, -0.05) is 6.92 Å². The fourth-order valence-corrected chi connectivity index (χ4v) is 4.42. The summed E-state index contributed by atoms with van der Waals surface area (Å²) in [6, 6.07) is 3.37. The summed E-state index contributed by atoms with van der Waals surface area (Å²) in [5, 5.41) is 8.82. The van der Waals surface area contributed by atoms with Crippen molar-refractivity contribution < 1.29 is 13.5 Å². The van der Waals surface area contributed by atoms with Crippen molar-refractivity contribution in [2.75, 3.05) is 13.2 Å². The van der Waals surface area contributed by atoms with Crippen LogP contribution in [-0.4, -0.2) is 26.7 Å². The maximum absolute atomic E-state index is 12.0. The van der Waals surface area contributed by atoms with E-state index < -0.39 is 10.0 Å². The molecule has 0 aromatic carbocycles. The summed E-state index contributed by atoms with van der Waals surface area (Å²) in [7, 11) is -3.37. The highest BCUT2D eigenvalue weighted by molar-refractivity contribution is 7.91. The van der Waals surface area contributed by atoms with E-state index in [4.69, 9.17) is 5.11 Å². The average molecular weight is 289 g/mol. The molecule has 0 radical (unpaired) electrons. The van der Waals surface area contributed by atoms with Crippen molar-refractivity contribution in [1.29, 1.82) is 0 Å². The van der Waals surface area contributed by atoms with Gasteiger partial charge >= 0.3 is 0 Å². The summed E-state index contributed by atoms with van der Waals surface area (Å²) in [6.45, 7) is 2.65. The smallest absolute Gasteiger partial charge is 0.250 e. The summed E-state index contributed by atoms with van der Waals surface area (Å²) in [4.78, 5) is 0.896. The minimum Gasteiger partial charge on any atom is -0.396 e. The number of hydrogen-bond acceptors (Lipinski definition) is 4. The molecule has 0 saturated heterocycles. The van der Waals surface area contributed by atoms with Crippen LogP contribution in [-0.2, 0) is 16.4 Å². The molecule has 1 aliphatic rings. The van der Waals surface area contributed by atoms with E-state index in [1.165, 1.54) is 24.2 Å². The molecule has 0 amide bonds. The number of nitrogens with one attached hydrogen (secondary N) is 1. The monoisotopic (exact) mass is 289 g/mol. The molecule has 0 bridgehead atoms. The number of rotatable bonds is 7. The molecule has 102 valence electrons. The average Bonchev–Trinajstić information content (AvgIpc) is 3.07. The quantitative estimate of drug-likeness (QED) is 0.801. The summed E-state index contributed by atoms with van der Waals surface area (Å²) in [6.07, 6.45) is 2.96. The molecule has 1 aromatic heterocycles. The normalized spacial score (nSPS) is 17.9. The Hall–Kier alpha value is -0.430. The lowest BCUT2D eigenvalue weighted by Gasteiger charge is -2.10. The van der Waals surface area contributed by atoms with Crippen LogP contribution in [0.2, 0.25) is 0 Å². The third-order valence-electron chi connectivity index (χ3n) is 3.28. The Bertz CT molecular complexity index is 491. The van der Waals surface area contributed by atoms with E-state index in [1.54, 1.807) is 12.1 Å². The SMILES string of the molecule is CC(CNS(=O)(=O)c1ccc(CCO)s1)C1CC1. The van der Waals surface area contributed by atoms with Crippen molar-refractivity contribution in [2.45, 2.75) is 30.4 Å². The zero-order valence-electron chi connectivity index (χ0n) is 10.4. The van der Waals surface area contributed by atoms with E-state index in [9.17, 15) is 8.42 Å². The lowest BCUT2D eigenvalue weighted by Crippen LogP contribution is -2.28. The van der Waals surface area contributed by atoms with Crippen molar-refractivity contribution >= 4 is 21.4 Å². The molecule has 1 aliphatic carbocycles. The summed E-state index contributed by atoms with van der Waals surface area (Å²) >= 11 is 1.23. The van der Waals surface area contributed by atoms with Gasteiger partial charge in [0, 0.05) is 24.4 Å². The first-order chi connectivity index (χ1) is 8.53.